The summed E-state index contributed by atoms with van der Waals surface area (Å²) < 4.78 is 10.0. The number of halogens is 1. The summed E-state index contributed by atoms with van der Waals surface area (Å²) in [6, 6.07) is 0. The molecular weight excluding hydrogens is 286 g/mol. The predicted octanol–water partition coefficient (Wildman–Crippen LogP) is 2.42. The lowest BCUT2D eigenvalue weighted by atomic mass is 10.1. The van der Waals surface area contributed by atoms with Crippen LogP contribution in [0.2, 0.25) is 0 Å². The largest absolute Gasteiger partial charge is 0.510 e. The van der Waals surface area contributed by atoms with E-state index < -0.39 is 17.7 Å². The first-order chi connectivity index (χ1) is 8.74. The lowest BCUT2D eigenvalue weighted by Crippen LogP contribution is -2.41. The van der Waals surface area contributed by atoms with Crippen molar-refractivity contribution in [1.29, 1.82) is 0 Å². The zero-order valence-electron chi connectivity index (χ0n) is 12.3. The van der Waals surface area contributed by atoms with Gasteiger partial charge in [0.1, 0.15) is 11.4 Å². The highest BCUT2D eigenvalue weighted by atomic mass is 35.5. The average Bonchev–Trinajstić information content (AvgIpc) is 2.26. The third kappa shape index (κ3) is 5.28. The van der Waals surface area contributed by atoms with Crippen LogP contribution in [0.25, 0.3) is 0 Å². The van der Waals surface area contributed by atoms with Gasteiger partial charge in [-0.05, 0) is 27.7 Å². The summed E-state index contributed by atoms with van der Waals surface area (Å²) >= 11 is 0. The fraction of sp³-hybridized carbons (Fsp3) is 0.692. The topological polar surface area (TPSA) is 76.1 Å². The molecule has 0 aromatic heterocycles. The molecule has 1 amide bonds. The van der Waals surface area contributed by atoms with Crippen LogP contribution < -0.4 is 0 Å². The Morgan fingerprint density at radius 2 is 1.95 bits per heavy atom. The third-order valence-corrected chi connectivity index (χ3v) is 2.49. The zero-order chi connectivity index (χ0) is 14.6. The molecule has 0 atom stereocenters. The predicted molar refractivity (Wildman–Crippen MR) is 76.0 cm³/mol. The molecule has 0 aromatic carbocycles. The molecule has 0 saturated carbocycles. The molecule has 1 aliphatic rings. The van der Waals surface area contributed by atoms with Crippen molar-refractivity contribution in [2.45, 2.75) is 39.7 Å². The number of esters is 1. The minimum atomic E-state index is -0.585. The van der Waals surface area contributed by atoms with Crippen LogP contribution in [0, 0.1) is 0 Å². The van der Waals surface area contributed by atoms with Gasteiger partial charge in [0.15, 0.2) is 0 Å². The number of rotatable bonds is 2. The molecule has 1 heterocycles. The Hall–Kier alpha value is -1.43. The van der Waals surface area contributed by atoms with Gasteiger partial charge in [0.25, 0.3) is 0 Å². The first-order valence-electron chi connectivity index (χ1n) is 6.30. The van der Waals surface area contributed by atoms with E-state index in [9.17, 15) is 14.7 Å². The fourth-order valence-electron chi connectivity index (χ4n) is 1.67. The van der Waals surface area contributed by atoms with E-state index in [1.807, 2.05) is 0 Å². The molecule has 0 aromatic rings. The Balaban J connectivity index is 0.00000361. The van der Waals surface area contributed by atoms with Gasteiger partial charge >= 0.3 is 12.1 Å². The van der Waals surface area contributed by atoms with Gasteiger partial charge in [-0.25, -0.2) is 9.59 Å². The van der Waals surface area contributed by atoms with Crippen molar-refractivity contribution in [2.75, 3.05) is 19.7 Å². The summed E-state index contributed by atoms with van der Waals surface area (Å²) in [5, 5.41) is 9.81. The normalized spacial score (nSPS) is 15.5. The maximum absolute atomic E-state index is 11.8. The van der Waals surface area contributed by atoms with E-state index in [0.717, 1.165) is 0 Å². The summed E-state index contributed by atoms with van der Waals surface area (Å²) in [4.78, 5) is 24.7. The van der Waals surface area contributed by atoms with Crippen molar-refractivity contribution in [3.8, 4) is 0 Å². The van der Waals surface area contributed by atoms with E-state index >= 15 is 0 Å². The van der Waals surface area contributed by atoms with Crippen LogP contribution in [-0.4, -0.2) is 47.4 Å². The van der Waals surface area contributed by atoms with Crippen LogP contribution in [0.15, 0.2) is 11.3 Å². The van der Waals surface area contributed by atoms with Crippen molar-refractivity contribution in [3.63, 3.8) is 0 Å². The molecule has 0 aliphatic carbocycles. The number of hydrogen-bond donors (Lipinski definition) is 1. The highest BCUT2D eigenvalue weighted by Crippen LogP contribution is 2.19. The lowest BCUT2D eigenvalue weighted by molar-refractivity contribution is -0.139. The van der Waals surface area contributed by atoms with Gasteiger partial charge in [-0.1, -0.05) is 0 Å². The van der Waals surface area contributed by atoms with Crippen molar-refractivity contribution >= 4 is 24.5 Å². The smallest absolute Gasteiger partial charge is 0.410 e. The Labute approximate surface area is 125 Å². The minimum absolute atomic E-state index is 0. The summed E-state index contributed by atoms with van der Waals surface area (Å²) in [5.41, 5.74) is -0.348. The number of ether oxygens (including phenoxy) is 2. The van der Waals surface area contributed by atoms with E-state index in [4.69, 9.17) is 9.47 Å². The lowest BCUT2D eigenvalue weighted by Gasteiger charge is -2.30. The van der Waals surface area contributed by atoms with E-state index in [1.54, 1.807) is 27.7 Å². The number of aliphatic hydroxyl groups is 1. The average molecular weight is 308 g/mol. The third-order valence-electron chi connectivity index (χ3n) is 2.49. The van der Waals surface area contributed by atoms with Gasteiger partial charge in [-0.15, -0.1) is 12.4 Å². The first kappa shape index (κ1) is 18.6. The van der Waals surface area contributed by atoms with Crippen LogP contribution in [0.1, 0.15) is 34.1 Å². The zero-order valence-corrected chi connectivity index (χ0v) is 13.1. The second-order valence-electron chi connectivity index (χ2n) is 5.30. The fourth-order valence-corrected chi connectivity index (χ4v) is 1.67. The molecule has 0 unspecified atom stereocenters. The van der Waals surface area contributed by atoms with Crippen LogP contribution in [-0.2, 0) is 14.3 Å². The second kappa shape index (κ2) is 7.38. The highest BCUT2D eigenvalue weighted by molar-refractivity contribution is 5.89. The number of carbonyl (C=O) groups excluding carboxylic acids is 2. The van der Waals surface area contributed by atoms with Gasteiger partial charge in [0, 0.05) is 13.0 Å². The van der Waals surface area contributed by atoms with E-state index in [1.165, 1.54) is 4.90 Å². The van der Waals surface area contributed by atoms with Gasteiger partial charge in [-0.3, -0.25) is 0 Å². The van der Waals surface area contributed by atoms with Crippen LogP contribution in [0.3, 0.4) is 0 Å². The molecular formula is C13H22ClNO5. The van der Waals surface area contributed by atoms with E-state index in [-0.39, 0.29) is 43.3 Å². The molecule has 0 saturated heterocycles. The van der Waals surface area contributed by atoms with Crippen molar-refractivity contribution in [3.05, 3.63) is 11.3 Å². The van der Waals surface area contributed by atoms with Gasteiger partial charge < -0.3 is 19.5 Å². The quantitative estimate of drug-likeness (QED) is 0.793. The Kier molecular flexibility index (Phi) is 6.85. The van der Waals surface area contributed by atoms with Crippen LogP contribution >= 0.6 is 12.4 Å². The maximum atomic E-state index is 11.8. The number of carbonyl (C=O) groups is 2. The SMILES string of the molecule is CCOC(=O)C1=C(O)CN(C(=O)OC(C)(C)C)CC1.Cl. The van der Waals surface area contributed by atoms with Crippen LogP contribution in [0.5, 0.6) is 0 Å². The maximum Gasteiger partial charge on any atom is 0.410 e. The highest BCUT2D eigenvalue weighted by Gasteiger charge is 2.29. The summed E-state index contributed by atoms with van der Waals surface area (Å²) in [7, 11) is 0. The number of amides is 1. The van der Waals surface area contributed by atoms with Gasteiger partial charge in [-0.2, -0.15) is 0 Å². The summed E-state index contributed by atoms with van der Waals surface area (Å²) in [5.74, 6) is -0.653. The molecule has 0 radical (unpaired) electrons. The Morgan fingerprint density at radius 1 is 1.35 bits per heavy atom. The summed E-state index contributed by atoms with van der Waals surface area (Å²) in [6.45, 7) is 7.57. The minimum Gasteiger partial charge on any atom is -0.510 e. The van der Waals surface area contributed by atoms with Crippen molar-refractivity contribution < 1.29 is 24.2 Å². The number of hydrogen-bond acceptors (Lipinski definition) is 5. The monoisotopic (exact) mass is 307 g/mol. The van der Waals surface area contributed by atoms with E-state index in [0.29, 0.717) is 6.54 Å². The molecule has 7 heteroatoms. The molecule has 1 aliphatic heterocycles. The van der Waals surface area contributed by atoms with E-state index in [2.05, 4.69) is 0 Å². The standard InChI is InChI=1S/C13H21NO5.ClH/c1-5-18-11(16)9-6-7-14(8-10(9)15)12(17)19-13(2,3)4;/h15H,5-8H2,1-4H3;1H. The first-order valence-corrected chi connectivity index (χ1v) is 6.30. The molecule has 0 fully saturated rings. The van der Waals surface area contributed by atoms with Crippen LogP contribution in [0.4, 0.5) is 4.79 Å². The van der Waals surface area contributed by atoms with Crippen molar-refractivity contribution in [1.82, 2.24) is 4.90 Å². The number of aliphatic hydroxyl groups excluding tert-OH is 1. The van der Waals surface area contributed by atoms with Gasteiger partial charge in [0.05, 0.1) is 18.7 Å². The van der Waals surface area contributed by atoms with Gasteiger partial charge in [0.2, 0.25) is 0 Å². The Bertz CT molecular complexity index is 400. The molecule has 0 bridgehead atoms. The molecule has 0 spiro atoms. The van der Waals surface area contributed by atoms with Crippen molar-refractivity contribution in [2.24, 2.45) is 0 Å². The molecule has 20 heavy (non-hydrogen) atoms. The molecule has 6 nitrogen and oxygen atoms in total. The Morgan fingerprint density at radius 3 is 2.40 bits per heavy atom. The molecule has 1 N–H and O–H groups in total. The summed E-state index contributed by atoms with van der Waals surface area (Å²) in [6.07, 6.45) is -0.230. The molecule has 1 rings (SSSR count). The second-order valence-corrected chi connectivity index (χ2v) is 5.30. The number of nitrogens with zero attached hydrogens (tertiary/aromatic N) is 1. The molecule has 116 valence electrons.